The Morgan fingerprint density at radius 1 is 1.48 bits per heavy atom. The molecule has 0 bridgehead atoms. The zero-order valence-electron chi connectivity index (χ0n) is 11.7. The minimum Gasteiger partial charge on any atom is -0.459 e. The van der Waals surface area contributed by atoms with Crippen LogP contribution < -0.4 is 10.9 Å². The Morgan fingerprint density at radius 2 is 2.24 bits per heavy atom. The van der Waals surface area contributed by atoms with Gasteiger partial charge in [-0.15, -0.1) is 11.3 Å². The summed E-state index contributed by atoms with van der Waals surface area (Å²) in [4.78, 5) is 39.3. The van der Waals surface area contributed by atoms with Gasteiger partial charge < -0.3 is 10.1 Å². The molecule has 0 atom stereocenters. The number of hydrogen-bond acceptors (Lipinski definition) is 6. The van der Waals surface area contributed by atoms with Crippen molar-refractivity contribution < 1.29 is 14.3 Å². The molecule has 0 aliphatic heterocycles. The number of nitrogens with one attached hydrogen (secondary N) is 1. The molecule has 0 saturated carbocycles. The van der Waals surface area contributed by atoms with Crippen LogP contribution in [0.1, 0.15) is 18.3 Å². The van der Waals surface area contributed by atoms with Crippen molar-refractivity contribution in [3.8, 4) is 0 Å². The molecular formula is C13H15N3O4S. The fourth-order valence-electron chi connectivity index (χ4n) is 1.83. The van der Waals surface area contributed by atoms with Crippen LogP contribution in [0.5, 0.6) is 0 Å². The highest BCUT2D eigenvalue weighted by Crippen LogP contribution is 2.12. The van der Waals surface area contributed by atoms with Crippen LogP contribution in [-0.2, 0) is 20.7 Å². The predicted molar refractivity (Wildman–Crippen MR) is 77.4 cm³/mol. The Labute approximate surface area is 124 Å². The van der Waals surface area contributed by atoms with E-state index in [4.69, 9.17) is 0 Å². The molecule has 0 aliphatic carbocycles. The highest BCUT2D eigenvalue weighted by atomic mass is 32.1. The van der Waals surface area contributed by atoms with E-state index in [-0.39, 0.29) is 18.7 Å². The molecule has 21 heavy (non-hydrogen) atoms. The lowest BCUT2D eigenvalue weighted by molar-refractivity contribution is -0.154. The quantitative estimate of drug-likeness (QED) is 0.647. The molecule has 112 valence electrons. The topological polar surface area (TPSA) is 89.8 Å². The minimum absolute atomic E-state index is 0.148. The second-order valence-corrected chi connectivity index (χ2v) is 5.14. The molecule has 0 aliphatic rings. The van der Waals surface area contributed by atoms with Gasteiger partial charge in [0.2, 0.25) is 0 Å². The Bertz CT molecular complexity index is 735. The van der Waals surface area contributed by atoms with Gasteiger partial charge in [-0.1, -0.05) is 0 Å². The van der Waals surface area contributed by atoms with Gasteiger partial charge in [-0.2, -0.15) is 0 Å². The number of rotatable bonds is 4. The summed E-state index contributed by atoms with van der Waals surface area (Å²) in [5.41, 5.74) is 1.27. The van der Waals surface area contributed by atoms with Gasteiger partial charge >= 0.3 is 11.9 Å². The lowest BCUT2D eigenvalue weighted by Gasteiger charge is -2.04. The number of carbonyl (C=O) groups excluding carboxylic acids is 2. The maximum Gasteiger partial charge on any atom is 0.396 e. The summed E-state index contributed by atoms with van der Waals surface area (Å²) >= 11 is 1.36. The Morgan fingerprint density at radius 3 is 2.95 bits per heavy atom. The molecule has 1 N–H and O–H groups in total. The van der Waals surface area contributed by atoms with Crippen molar-refractivity contribution >= 4 is 28.2 Å². The molecule has 0 radical (unpaired) electrons. The number of fused-ring (bicyclic) bond motifs is 1. The van der Waals surface area contributed by atoms with Crippen LogP contribution in [0.2, 0.25) is 0 Å². The van der Waals surface area contributed by atoms with Gasteiger partial charge in [0, 0.05) is 35.8 Å². The predicted octanol–water partition coefficient (Wildman–Crippen LogP) is 0.286. The zero-order chi connectivity index (χ0) is 15.4. The van der Waals surface area contributed by atoms with E-state index in [0.29, 0.717) is 17.1 Å². The third-order valence-electron chi connectivity index (χ3n) is 2.73. The van der Waals surface area contributed by atoms with Crippen molar-refractivity contribution in [3.05, 3.63) is 33.2 Å². The highest BCUT2D eigenvalue weighted by Gasteiger charge is 2.14. The summed E-state index contributed by atoms with van der Waals surface area (Å²) in [7, 11) is 0. The van der Waals surface area contributed by atoms with Crippen molar-refractivity contribution in [2.45, 2.75) is 20.3 Å². The molecular weight excluding hydrogens is 294 g/mol. The van der Waals surface area contributed by atoms with Crippen molar-refractivity contribution in [1.29, 1.82) is 0 Å². The zero-order valence-corrected chi connectivity index (χ0v) is 12.5. The van der Waals surface area contributed by atoms with Crippen LogP contribution in [0.15, 0.2) is 16.2 Å². The fourth-order valence-corrected chi connectivity index (χ4v) is 2.81. The van der Waals surface area contributed by atoms with Crippen LogP contribution in [0, 0.1) is 6.92 Å². The van der Waals surface area contributed by atoms with Crippen molar-refractivity contribution in [2.24, 2.45) is 0 Å². The van der Waals surface area contributed by atoms with E-state index in [1.165, 1.54) is 21.8 Å². The monoisotopic (exact) mass is 309 g/mol. The first kappa shape index (κ1) is 15.2. The van der Waals surface area contributed by atoms with E-state index in [2.05, 4.69) is 15.0 Å². The van der Waals surface area contributed by atoms with E-state index < -0.39 is 11.9 Å². The number of ether oxygens (including phenoxy) is 1. The van der Waals surface area contributed by atoms with Crippen molar-refractivity contribution in [2.75, 3.05) is 13.2 Å². The van der Waals surface area contributed by atoms with Crippen LogP contribution in [0.25, 0.3) is 4.96 Å². The third kappa shape index (κ3) is 3.46. The maximum absolute atomic E-state index is 11.9. The molecule has 2 heterocycles. The molecule has 2 aromatic rings. The SMILES string of the molecule is CCOC(=O)C(=O)NCCc1csc2nc(C)cc(=O)n12. The number of hydrogen-bond donors (Lipinski definition) is 1. The van der Waals surface area contributed by atoms with Gasteiger partial charge in [0.05, 0.1) is 6.61 Å². The van der Waals surface area contributed by atoms with E-state index in [1.807, 2.05) is 5.38 Å². The van der Waals surface area contributed by atoms with Crippen LogP contribution in [-0.4, -0.2) is 34.4 Å². The lowest BCUT2D eigenvalue weighted by Crippen LogP contribution is -2.34. The van der Waals surface area contributed by atoms with Gasteiger partial charge in [-0.3, -0.25) is 14.0 Å². The van der Waals surface area contributed by atoms with E-state index in [1.54, 1.807) is 13.8 Å². The molecule has 0 unspecified atom stereocenters. The summed E-state index contributed by atoms with van der Waals surface area (Å²) in [6, 6.07) is 1.46. The first-order chi connectivity index (χ1) is 10.0. The summed E-state index contributed by atoms with van der Waals surface area (Å²) in [5.74, 6) is -1.68. The number of nitrogens with zero attached hydrogens (tertiary/aromatic N) is 2. The van der Waals surface area contributed by atoms with E-state index >= 15 is 0 Å². The average Bonchev–Trinajstić information content (AvgIpc) is 2.82. The Hall–Kier alpha value is -2.22. The average molecular weight is 309 g/mol. The number of amides is 1. The first-order valence-electron chi connectivity index (χ1n) is 6.44. The molecule has 0 fully saturated rings. The summed E-state index contributed by atoms with van der Waals surface area (Å²) in [5, 5.41) is 4.28. The van der Waals surface area contributed by atoms with Crippen molar-refractivity contribution in [1.82, 2.24) is 14.7 Å². The van der Waals surface area contributed by atoms with Crippen LogP contribution in [0.4, 0.5) is 0 Å². The van der Waals surface area contributed by atoms with E-state index in [0.717, 1.165) is 5.69 Å². The van der Waals surface area contributed by atoms with Gasteiger partial charge in [0.1, 0.15) is 0 Å². The Kier molecular flexibility index (Phi) is 4.69. The second kappa shape index (κ2) is 6.49. The molecule has 0 saturated heterocycles. The highest BCUT2D eigenvalue weighted by molar-refractivity contribution is 7.15. The molecule has 2 aromatic heterocycles. The summed E-state index contributed by atoms with van der Waals surface area (Å²) in [6.07, 6.45) is 0.426. The maximum atomic E-state index is 11.9. The van der Waals surface area contributed by atoms with Gasteiger partial charge in [0.25, 0.3) is 5.56 Å². The number of esters is 1. The number of aromatic nitrogens is 2. The third-order valence-corrected chi connectivity index (χ3v) is 3.61. The normalized spacial score (nSPS) is 10.6. The smallest absolute Gasteiger partial charge is 0.396 e. The largest absolute Gasteiger partial charge is 0.459 e. The first-order valence-corrected chi connectivity index (χ1v) is 7.32. The second-order valence-electron chi connectivity index (χ2n) is 4.31. The van der Waals surface area contributed by atoms with E-state index in [9.17, 15) is 14.4 Å². The molecule has 1 amide bonds. The lowest BCUT2D eigenvalue weighted by atomic mass is 10.3. The molecule has 0 spiro atoms. The van der Waals surface area contributed by atoms with Gasteiger partial charge in [-0.05, 0) is 13.8 Å². The van der Waals surface area contributed by atoms with Gasteiger partial charge in [0.15, 0.2) is 4.96 Å². The van der Waals surface area contributed by atoms with Crippen LogP contribution in [0.3, 0.4) is 0 Å². The molecule has 0 aromatic carbocycles. The molecule has 2 rings (SSSR count). The fraction of sp³-hybridized carbons (Fsp3) is 0.385. The standard InChI is InChI=1S/C13H15N3O4S/c1-3-20-12(19)11(18)14-5-4-9-7-21-13-15-8(2)6-10(17)16(9)13/h6-7H,3-5H2,1-2H3,(H,14,18). The number of aryl methyl sites for hydroxylation is 1. The van der Waals surface area contributed by atoms with Gasteiger partial charge in [-0.25, -0.2) is 9.78 Å². The minimum atomic E-state index is -0.901. The molecule has 8 heteroatoms. The summed E-state index contributed by atoms with van der Waals surface area (Å²) < 4.78 is 6.09. The van der Waals surface area contributed by atoms with Crippen LogP contribution >= 0.6 is 11.3 Å². The van der Waals surface area contributed by atoms with Crippen molar-refractivity contribution in [3.63, 3.8) is 0 Å². The molecule has 7 nitrogen and oxygen atoms in total. The number of carbonyl (C=O) groups is 2. The summed E-state index contributed by atoms with van der Waals surface area (Å²) in [6.45, 7) is 3.79. The number of thiazole rings is 1. The Balaban J connectivity index is 2.03.